The summed E-state index contributed by atoms with van der Waals surface area (Å²) < 4.78 is 7.71. The topological polar surface area (TPSA) is 45.6 Å². The molecule has 159 valence electrons. The Balaban J connectivity index is 1.79. The summed E-state index contributed by atoms with van der Waals surface area (Å²) in [4.78, 5) is 6.69. The lowest BCUT2D eigenvalue weighted by molar-refractivity contribution is -0.0913. The zero-order valence-electron chi connectivity index (χ0n) is 17.3. The number of benzene rings is 2. The van der Waals surface area contributed by atoms with Gasteiger partial charge in [0.1, 0.15) is 11.4 Å². The first-order valence-electron chi connectivity index (χ1n) is 10.2. The molecule has 0 spiro atoms. The third-order valence-corrected chi connectivity index (χ3v) is 7.08. The van der Waals surface area contributed by atoms with E-state index in [4.69, 9.17) is 16.3 Å². The summed E-state index contributed by atoms with van der Waals surface area (Å²) in [5.74, 6) is 0.435. The Morgan fingerprint density at radius 1 is 1.13 bits per heavy atom. The maximum Gasteiger partial charge on any atom is 0.176 e. The molecule has 5 rings (SSSR count). The smallest absolute Gasteiger partial charge is 0.176 e. The number of aromatic nitrogens is 1. The average molecular weight is 499 g/mol. The predicted octanol–water partition coefficient (Wildman–Crippen LogP) is 5.15. The van der Waals surface area contributed by atoms with E-state index in [-0.39, 0.29) is 11.8 Å². The number of hydrogen-bond acceptors (Lipinski definition) is 4. The normalized spacial score (nSPS) is 29.0. The molecule has 2 aliphatic rings. The third-order valence-electron chi connectivity index (χ3n) is 6.35. The minimum absolute atomic E-state index is 0.0386. The van der Waals surface area contributed by atoms with E-state index in [9.17, 15) is 5.11 Å². The molecule has 1 aromatic heterocycles. The van der Waals surface area contributed by atoms with Gasteiger partial charge in [0.05, 0.1) is 5.02 Å². The number of nitrogens with zero attached hydrogens (tertiary/aromatic N) is 2. The molecule has 3 aromatic rings. The summed E-state index contributed by atoms with van der Waals surface area (Å²) >= 11 is 9.77. The predicted molar refractivity (Wildman–Crippen MR) is 125 cm³/mol. The Kier molecular flexibility index (Phi) is 5.13. The van der Waals surface area contributed by atoms with Gasteiger partial charge in [-0.2, -0.15) is 0 Å². The number of ether oxygens (including phenoxy) is 1. The van der Waals surface area contributed by atoms with E-state index in [1.807, 2.05) is 63.0 Å². The summed E-state index contributed by atoms with van der Waals surface area (Å²) in [5.41, 5.74) is 0.0709. The van der Waals surface area contributed by atoms with Crippen LogP contribution in [-0.2, 0) is 11.2 Å². The summed E-state index contributed by atoms with van der Waals surface area (Å²) in [6.07, 6.45) is 3.60. The van der Waals surface area contributed by atoms with Crippen LogP contribution in [-0.4, -0.2) is 35.6 Å². The standard InChI is InChI=1S/C25H23BrClN2O2/c1-29(2)15-17-13-24(30)23-21(12-20(27)14-28-23)31-25(24,18-8-10-19(26)11-9-18)22(17)16-6-4-3-5-7-16/h3-14,17,22,30H,15H2,1-2H3/t17-,22-,24+,25+/m1/s1. The number of rotatable bonds is 4. The summed E-state index contributed by atoms with van der Waals surface area (Å²) in [5, 5.41) is 12.8. The molecule has 1 saturated carbocycles. The number of pyridine rings is 1. The van der Waals surface area contributed by atoms with Gasteiger partial charge in [-0.3, -0.25) is 4.98 Å². The van der Waals surface area contributed by atoms with Crippen molar-refractivity contribution in [2.45, 2.75) is 17.1 Å². The summed E-state index contributed by atoms with van der Waals surface area (Å²) in [7, 11) is 4.10. The Morgan fingerprint density at radius 2 is 1.84 bits per heavy atom. The minimum Gasteiger partial charge on any atom is -0.476 e. The van der Waals surface area contributed by atoms with Crippen LogP contribution >= 0.6 is 27.5 Å². The largest absolute Gasteiger partial charge is 0.476 e. The first-order chi connectivity index (χ1) is 14.8. The first kappa shape index (κ1) is 21.0. The van der Waals surface area contributed by atoms with E-state index in [0.29, 0.717) is 16.5 Å². The second-order valence-electron chi connectivity index (χ2n) is 8.59. The fourth-order valence-corrected chi connectivity index (χ4v) is 5.71. The highest BCUT2D eigenvalue weighted by Crippen LogP contribution is 2.67. The van der Waals surface area contributed by atoms with Crippen LogP contribution in [0.25, 0.3) is 0 Å². The van der Waals surface area contributed by atoms with Crippen LogP contribution < -0.4 is 4.74 Å². The van der Waals surface area contributed by atoms with Gasteiger partial charge in [0.25, 0.3) is 0 Å². The summed E-state index contributed by atoms with van der Waals surface area (Å²) in [6.45, 7) is 0.770. The molecule has 0 amide bonds. The second-order valence-corrected chi connectivity index (χ2v) is 9.94. The number of halogens is 2. The lowest BCUT2D eigenvalue weighted by Gasteiger charge is -2.40. The molecule has 1 aliphatic heterocycles. The Labute approximate surface area is 196 Å². The SMILES string of the molecule is CN(C)C[C@H]1[CH][C@]2(O)c3ncc(Cl)cc3O[C@@]2(c2ccc(Br)cc2)[C@@H]1c1ccccc1. The number of hydrogen-bond donors (Lipinski definition) is 1. The van der Waals surface area contributed by atoms with E-state index in [1.165, 1.54) is 0 Å². The van der Waals surface area contributed by atoms with Crippen molar-refractivity contribution in [2.75, 3.05) is 20.6 Å². The van der Waals surface area contributed by atoms with Crippen molar-refractivity contribution < 1.29 is 9.84 Å². The molecule has 0 bridgehead atoms. The van der Waals surface area contributed by atoms with Gasteiger partial charge < -0.3 is 14.7 Å². The van der Waals surface area contributed by atoms with E-state index in [1.54, 1.807) is 12.3 Å². The molecular weight excluding hydrogens is 476 g/mol. The van der Waals surface area contributed by atoms with Crippen LogP contribution in [0.1, 0.15) is 22.7 Å². The van der Waals surface area contributed by atoms with Gasteiger partial charge in [-0.25, -0.2) is 0 Å². The number of aliphatic hydroxyl groups is 1. The van der Waals surface area contributed by atoms with Gasteiger partial charge in [0, 0.05) is 35.6 Å². The molecule has 4 atom stereocenters. The molecule has 31 heavy (non-hydrogen) atoms. The van der Waals surface area contributed by atoms with Crippen LogP contribution in [0, 0.1) is 12.3 Å². The van der Waals surface area contributed by atoms with Gasteiger partial charge in [-0.05, 0) is 43.3 Å². The molecule has 1 N–H and O–H groups in total. The van der Waals surface area contributed by atoms with Crippen LogP contribution in [0.2, 0.25) is 5.02 Å². The summed E-state index contributed by atoms with van der Waals surface area (Å²) in [6, 6.07) is 20.1. The van der Waals surface area contributed by atoms with Crippen molar-refractivity contribution in [2.24, 2.45) is 5.92 Å². The van der Waals surface area contributed by atoms with Gasteiger partial charge >= 0.3 is 0 Å². The lowest BCUT2D eigenvalue weighted by Crippen LogP contribution is -2.48. The molecular formula is C25H23BrClN2O2. The molecule has 1 aliphatic carbocycles. The minimum atomic E-state index is -1.40. The monoisotopic (exact) mass is 497 g/mol. The maximum absolute atomic E-state index is 12.3. The van der Waals surface area contributed by atoms with E-state index >= 15 is 0 Å². The van der Waals surface area contributed by atoms with Crippen molar-refractivity contribution in [1.82, 2.24) is 9.88 Å². The highest BCUT2D eigenvalue weighted by molar-refractivity contribution is 9.10. The first-order valence-corrected chi connectivity index (χ1v) is 11.4. The van der Waals surface area contributed by atoms with Crippen LogP contribution in [0.15, 0.2) is 71.3 Å². The van der Waals surface area contributed by atoms with Crippen molar-refractivity contribution >= 4 is 27.5 Å². The van der Waals surface area contributed by atoms with Crippen molar-refractivity contribution in [1.29, 1.82) is 0 Å². The van der Waals surface area contributed by atoms with Crippen molar-refractivity contribution in [3.63, 3.8) is 0 Å². The molecule has 4 nitrogen and oxygen atoms in total. The Morgan fingerprint density at radius 3 is 2.52 bits per heavy atom. The van der Waals surface area contributed by atoms with Crippen LogP contribution in [0.5, 0.6) is 5.75 Å². The maximum atomic E-state index is 12.3. The van der Waals surface area contributed by atoms with Gasteiger partial charge in [0.15, 0.2) is 11.2 Å². The third kappa shape index (κ3) is 3.13. The van der Waals surface area contributed by atoms with E-state index in [2.05, 4.69) is 37.9 Å². The highest BCUT2D eigenvalue weighted by Gasteiger charge is 2.72. The van der Waals surface area contributed by atoms with Crippen molar-refractivity contribution in [3.05, 3.63) is 99.6 Å². The van der Waals surface area contributed by atoms with Gasteiger partial charge in [-0.15, -0.1) is 0 Å². The second kappa shape index (κ2) is 7.59. The fraction of sp³-hybridized carbons (Fsp3) is 0.280. The van der Waals surface area contributed by atoms with Crippen molar-refractivity contribution in [3.8, 4) is 5.75 Å². The number of fused-ring (bicyclic) bond motifs is 3. The molecule has 6 heteroatoms. The van der Waals surface area contributed by atoms with E-state index < -0.39 is 11.2 Å². The zero-order chi connectivity index (χ0) is 21.8. The lowest BCUT2D eigenvalue weighted by atomic mass is 9.71. The highest BCUT2D eigenvalue weighted by atomic mass is 79.9. The van der Waals surface area contributed by atoms with Crippen LogP contribution in [0.4, 0.5) is 0 Å². The Hall–Kier alpha value is -1.92. The molecule has 1 fully saturated rings. The molecule has 0 saturated heterocycles. The fourth-order valence-electron chi connectivity index (χ4n) is 5.30. The van der Waals surface area contributed by atoms with Gasteiger partial charge in [-0.1, -0.05) is 70.0 Å². The molecule has 0 unspecified atom stereocenters. The van der Waals surface area contributed by atoms with Crippen LogP contribution in [0.3, 0.4) is 0 Å². The average Bonchev–Trinajstić information content (AvgIpc) is 3.11. The van der Waals surface area contributed by atoms with E-state index in [0.717, 1.165) is 22.1 Å². The van der Waals surface area contributed by atoms with Gasteiger partial charge in [0.2, 0.25) is 0 Å². The molecule has 2 aromatic carbocycles. The zero-order valence-corrected chi connectivity index (χ0v) is 19.6. The Bertz CT molecular complexity index is 1110. The quantitative estimate of drug-likeness (QED) is 0.540. The molecule has 1 radical (unpaired) electrons. The molecule has 2 heterocycles.